The van der Waals surface area contributed by atoms with Gasteiger partial charge in [0.1, 0.15) is 0 Å². The molecule has 0 aromatic heterocycles. The van der Waals surface area contributed by atoms with Gasteiger partial charge >= 0.3 is 0 Å². The van der Waals surface area contributed by atoms with Crippen molar-refractivity contribution in [2.24, 2.45) is 0 Å². The summed E-state index contributed by atoms with van der Waals surface area (Å²) < 4.78 is 6.17. The first-order valence-electron chi connectivity index (χ1n) is 5.73. The highest BCUT2D eigenvalue weighted by atomic mass is 79.9. The zero-order valence-electron chi connectivity index (χ0n) is 9.87. The molecule has 0 saturated heterocycles. The minimum atomic E-state index is 0.793. The average molecular weight is 294 g/mol. The maximum absolute atomic E-state index is 5.04. The molecule has 90 valence electrons. The second-order valence-corrected chi connectivity index (χ2v) is 4.77. The third kappa shape index (κ3) is 2.99. The molecule has 0 radical (unpaired) electrons. The number of halogens is 1. The summed E-state index contributed by atoms with van der Waals surface area (Å²) in [5, 5.41) is 5.94. The van der Waals surface area contributed by atoms with Crippen LogP contribution < -0.4 is 5.32 Å². The fraction of sp³-hybridized carbons (Fsp3) is 0.286. The van der Waals surface area contributed by atoms with E-state index in [0.29, 0.717) is 0 Å². The summed E-state index contributed by atoms with van der Waals surface area (Å²) in [6, 6.07) is 12.6. The van der Waals surface area contributed by atoms with E-state index in [1.807, 2.05) is 0 Å². The predicted octanol–water partition coefficient (Wildman–Crippen LogP) is 4.05. The van der Waals surface area contributed by atoms with Gasteiger partial charge in [-0.2, -0.15) is 0 Å². The third-order valence-electron chi connectivity index (χ3n) is 2.71. The Morgan fingerprint density at radius 1 is 1.12 bits per heavy atom. The van der Waals surface area contributed by atoms with Crippen molar-refractivity contribution in [1.82, 2.24) is 0 Å². The third-order valence-corrected chi connectivity index (χ3v) is 3.40. The summed E-state index contributed by atoms with van der Waals surface area (Å²) in [7, 11) is 1.73. The van der Waals surface area contributed by atoms with Crippen LogP contribution >= 0.6 is 15.9 Å². The zero-order valence-corrected chi connectivity index (χ0v) is 11.5. The zero-order chi connectivity index (χ0) is 12.1. The van der Waals surface area contributed by atoms with Crippen molar-refractivity contribution in [1.29, 1.82) is 0 Å². The second-order valence-electron chi connectivity index (χ2n) is 3.91. The molecule has 0 amide bonds. The lowest BCUT2D eigenvalue weighted by Gasteiger charge is -2.10. The van der Waals surface area contributed by atoms with Crippen molar-refractivity contribution in [2.75, 3.05) is 25.6 Å². The summed E-state index contributed by atoms with van der Waals surface area (Å²) >= 11 is 3.58. The molecule has 2 aromatic rings. The quantitative estimate of drug-likeness (QED) is 0.840. The lowest BCUT2D eigenvalue weighted by Crippen LogP contribution is -2.04. The van der Waals surface area contributed by atoms with Crippen molar-refractivity contribution in [3.8, 4) is 0 Å². The minimum Gasteiger partial charge on any atom is -0.385 e. The largest absolute Gasteiger partial charge is 0.385 e. The molecule has 0 saturated carbocycles. The Hall–Kier alpha value is -1.06. The Balaban J connectivity index is 2.20. The van der Waals surface area contributed by atoms with E-state index in [-0.39, 0.29) is 0 Å². The van der Waals surface area contributed by atoms with Crippen molar-refractivity contribution in [3.05, 3.63) is 40.9 Å². The van der Waals surface area contributed by atoms with Crippen LogP contribution in [0.15, 0.2) is 40.9 Å². The lowest BCUT2D eigenvalue weighted by atomic mass is 10.1. The van der Waals surface area contributed by atoms with Crippen LogP contribution in [0.25, 0.3) is 10.8 Å². The topological polar surface area (TPSA) is 21.3 Å². The van der Waals surface area contributed by atoms with Gasteiger partial charge < -0.3 is 10.1 Å². The van der Waals surface area contributed by atoms with Gasteiger partial charge in [-0.15, -0.1) is 0 Å². The molecular weight excluding hydrogens is 278 g/mol. The number of hydrogen-bond donors (Lipinski definition) is 1. The molecule has 0 aliphatic heterocycles. The number of methoxy groups -OCH3 is 1. The van der Waals surface area contributed by atoms with E-state index in [2.05, 4.69) is 57.6 Å². The van der Waals surface area contributed by atoms with Crippen LogP contribution in [0.5, 0.6) is 0 Å². The fourth-order valence-corrected chi connectivity index (χ4v) is 2.33. The van der Waals surface area contributed by atoms with Gasteiger partial charge in [-0.05, 0) is 23.9 Å². The smallest absolute Gasteiger partial charge is 0.0479 e. The summed E-state index contributed by atoms with van der Waals surface area (Å²) in [5.41, 5.74) is 1.18. The van der Waals surface area contributed by atoms with Crippen LogP contribution in [-0.4, -0.2) is 20.3 Å². The van der Waals surface area contributed by atoms with Crippen LogP contribution in [0.3, 0.4) is 0 Å². The summed E-state index contributed by atoms with van der Waals surface area (Å²) in [6.45, 7) is 1.72. The van der Waals surface area contributed by atoms with Gasteiger partial charge in [0.05, 0.1) is 0 Å². The monoisotopic (exact) mass is 293 g/mol. The van der Waals surface area contributed by atoms with Crippen LogP contribution in [0, 0.1) is 0 Å². The van der Waals surface area contributed by atoms with E-state index >= 15 is 0 Å². The summed E-state index contributed by atoms with van der Waals surface area (Å²) in [4.78, 5) is 0. The van der Waals surface area contributed by atoms with Crippen LogP contribution in [0.2, 0.25) is 0 Å². The Labute approximate surface area is 110 Å². The van der Waals surface area contributed by atoms with Crippen molar-refractivity contribution >= 4 is 32.4 Å². The lowest BCUT2D eigenvalue weighted by molar-refractivity contribution is 0.198. The van der Waals surface area contributed by atoms with Crippen LogP contribution in [0.4, 0.5) is 5.69 Å². The second kappa shape index (κ2) is 6.03. The molecule has 0 unspecified atom stereocenters. The average Bonchev–Trinajstić information content (AvgIpc) is 2.37. The van der Waals surface area contributed by atoms with E-state index in [9.17, 15) is 0 Å². The van der Waals surface area contributed by atoms with Gasteiger partial charge in [0, 0.05) is 35.8 Å². The number of fused-ring (bicyclic) bond motifs is 1. The minimum absolute atomic E-state index is 0.793. The van der Waals surface area contributed by atoms with Crippen molar-refractivity contribution in [3.63, 3.8) is 0 Å². The maximum Gasteiger partial charge on any atom is 0.0479 e. The van der Waals surface area contributed by atoms with E-state index in [0.717, 1.165) is 24.0 Å². The van der Waals surface area contributed by atoms with Crippen LogP contribution in [0.1, 0.15) is 6.42 Å². The van der Waals surface area contributed by atoms with Gasteiger partial charge in [-0.25, -0.2) is 0 Å². The van der Waals surface area contributed by atoms with Gasteiger partial charge in [-0.1, -0.05) is 40.2 Å². The van der Waals surface area contributed by atoms with Gasteiger partial charge in [0.15, 0.2) is 0 Å². The normalized spacial score (nSPS) is 10.7. The summed E-state index contributed by atoms with van der Waals surface area (Å²) in [5.74, 6) is 0. The van der Waals surface area contributed by atoms with Crippen molar-refractivity contribution < 1.29 is 4.74 Å². The Kier molecular flexibility index (Phi) is 4.40. The first kappa shape index (κ1) is 12.4. The van der Waals surface area contributed by atoms with Gasteiger partial charge in [0.2, 0.25) is 0 Å². The highest BCUT2D eigenvalue weighted by Crippen LogP contribution is 2.29. The molecule has 2 aromatic carbocycles. The number of rotatable bonds is 5. The number of benzene rings is 2. The van der Waals surface area contributed by atoms with E-state index in [1.165, 1.54) is 16.5 Å². The molecule has 0 spiro atoms. The summed E-state index contributed by atoms with van der Waals surface area (Å²) in [6.07, 6.45) is 1.01. The molecule has 0 aliphatic rings. The molecule has 1 N–H and O–H groups in total. The number of anilines is 1. The van der Waals surface area contributed by atoms with Crippen molar-refractivity contribution in [2.45, 2.75) is 6.42 Å². The molecule has 17 heavy (non-hydrogen) atoms. The van der Waals surface area contributed by atoms with Crippen LogP contribution in [-0.2, 0) is 4.74 Å². The number of nitrogens with one attached hydrogen (secondary N) is 1. The van der Waals surface area contributed by atoms with E-state index in [4.69, 9.17) is 4.74 Å². The van der Waals surface area contributed by atoms with E-state index < -0.39 is 0 Å². The Morgan fingerprint density at radius 3 is 2.65 bits per heavy atom. The highest BCUT2D eigenvalue weighted by molar-refractivity contribution is 9.10. The molecule has 0 bridgehead atoms. The standard InChI is InChI=1S/C14H16BrNO/c1-17-10-4-9-16-14-8-7-13(15)11-5-2-3-6-12(11)14/h2-3,5-8,16H,4,9-10H2,1H3. The molecular formula is C14H16BrNO. The fourth-order valence-electron chi connectivity index (χ4n) is 1.86. The highest BCUT2D eigenvalue weighted by Gasteiger charge is 2.02. The molecule has 0 fully saturated rings. The molecule has 0 aliphatic carbocycles. The SMILES string of the molecule is COCCCNc1ccc(Br)c2ccccc12. The Bertz CT molecular complexity index is 499. The van der Waals surface area contributed by atoms with Gasteiger partial charge in [0.25, 0.3) is 0 Å². The maximum atomic E-state index is 5.04. The first-order valence-corrected chi connectivity index (χ1v) is 6.52. The molecule has 0 atom stereocenters. The van der Waals surface area contributed by atoms with E-state index in [1.54, 1.807) is 7.11 Å². The molecule has 3 heteroatoms. The number of hydrogen-bond acceptors (Lipinski definition) is 2. The predicted molar refractivity (Wildman–Crippen MR) is 76.6 cm³/mol. The number of ether oxygens (including phenoxy) is 1. The molecule has 2 nitrogen and oxygen atoms in total. The molecule has 0 heterocycles. The first-order chi connectivity index (χ1) is 8.33. The van der Waals surface area contributed by atoms with Gasteiger partial charge in [-0.3, -0.25) is 0 Å². The Morgan fingerprint density at radius 2 is 1.88 bits per heavy atom. The molecule has 2 rings (SSSR count).